The molecule has 7 nitrogen and oxygen atoms in total. The molecule has 0 spiro atoms. The number of carbonyl (C=O) groups excluding carboxylic acids is 2. The van der Waals surface area contributed by atoms with E-state index in [0.717, 1.165) is 22.3 Å². The van der Waals surface area contributed by atoms with Crippen LogP contribution in [-0.4, -0.2) is 17.9 Å². The van der Waals surface area contributed by atoms with Crippen LogP contribution < -0.4 is 16.0 Å². The fraction of sp³-hybridized carbons (Fsp3) is 0.435. The molecule has 0 aliphatic rings. The van der Waals surface area contributed by atoms with Crippen LogP contribution in [0.25, 0.3) is 21.9 Å². The Hall–Kier alpha value is -3.09. The summed E-state index contributed by atoms with van der Waals surface area (Å²) < 4.78 is 11.5. The summed E-state index contributed by atoms with van der Waals surface area (Å²) in [6, 6.07) is 0.674. The highest BCUT2D eigenvalue weighted by atomic mass is 16.4. The van der Waals surface area contributed by atoms with E-state index < -0.39 is 23.5 Å². The molecule has 0 fully saturated rings. The highest BCUT2D eigenvalue weighted by Gasteiger charge is 2.23. The van der Waals surface area contributed by atoms with E-state index in [4.69, 9.17) is 8.83 Å². The third kappa shape index (κ3) is 3.60. The van der Waals surface area contributed by atoms with Crippen molar-refractivity contribution in [2.75, 3.05) is 0 Å². The van der Waals surface area contributed by atoms with Crippen molar-refractivity contribution >= 4 is 33.8 Å². The van der Waals surface area contributed by atoms with E-state index in [1.807, 2.05) is 27.7 Å². The smallest absolute Gasteiger partial charge is 0.340 e. The fourth-order valence-electron chi connectivity index (χ4n) is 3.89. The normalized spacial score (nSPS) is 13.5. The van der Waals surface area contributed by atoms with E-state index in [1.54, 1.807) is 19.9 Å². The van der Waals surface area contributed by atoms with Gasteiger partial charge in [0, 0.05) is 5.39 Å². The van der Waals surface area contributed by atoms with Crippen molar-refractivity contribution in [1.82, 2.24) is 5.32 Å². The summed E-state index contributed by atoms with van der Waals surface area (Å²) in [5.41, 5.74) is 3.11. The van der Waals surface area contributed by atoms with E-state index in [1.165, 1.54) is 0 Å². The maximum absolute atomic E-state index is 12.6. The summed E-state index contributed by atoms with van der Waals surface area (Å²) in [5, 5.41) is 15.5. The largest absolute Gasteiger partial charge is 0.548 e. The molecular weight excluding hydrogens is 386 g/mol. The third-order valence-corrected chi connectivity index (χ3v) is 6.00. The number of hydrogen-bond acceptors (Lipinski definition) is 6. The molecule has 30 heavy (non-hydrogen) atoms. The Kier molecular flexibility index (Phi) is 5.74. The maximum atomic E-state index is 12.6. The monoisotopic (exact) mass is 412 g/mol. The first-order chi connectivity index (χ1) is 14.1. The number of amides is 1. The first-order valence-corrected chi connectivity index (χ1v) is 10.0. The van der Waals surface area contributed by atoms with E-state index >= 15 is 0 Å². The zero-order valence-corrected chi connectivity index (χ0v) is 18.1. The molecule has 0 radical (unpaired) electrons. The number of rotatable bonds is 6. The standard InChI is InChI=1S/C23H27NO6/c1-7-10(2)20(22(26)27)24-17(25)9-15-13(5)19-16(30-23(15)28)8-11(3)18-12(4)14(6)29-21(18)19/h8,10,20H,7,9H2,1-6H3,(H,24,25)(H,26,27)/p-1/t10-,20+/m1/s1. The summed E-state index contributed by atoms with van der Waals surface area (Å²) in [6.07, 6.45) is 0.267. The molecular formula is C23H26NO6-. The Balaban J connectivity index is 2.09. The van der Waals surface area contributed by atoms with Crippen molar-refractivity contribution in [1.29, 1.82) is 0 Å². The maximum Gasteiger partial charge on any atom is 0.340 e. The first-order valence-electron chi connectivity index (χ1n) is 10.0. The third-order valence-electron chi connectivity index (χ3n) is 6.00. The second-order valence-corrected chi connectivity index (χ2v) is 7.97. The van der Waals surface area contributed by atoms with Crippen LogP contribution in [0, 0.1) is 33.6 Å². The van der Waals surface area contributed by atoms with Gasteiger partial charge in [-0.05, 0) is 56.4 Å². The lowest BCUT2D eigenvalue weighted by Crippen LogP contribution is -2.51. The van der Waals surface area contributed by atoms with Gasteiger partial charge in [0.1, 0.15) is 16.9 Å². The average molecular weight is 412 g/mol. The zero-order valence-electron chi connectivity index (χ0n) is 18.1. The first kappa shape index (κ1) is 21.6. The van der Waals surface area contributed by atoms with Crippen LogP contribution in [0.2, 0.25) is 0 Å². The van der Waals surface area contributed by atoms with Crippen molar-refractivity contribution in [3.63, 3.8) is 0 Å². The molecule has 1 aromatic carbocycles. The lowest BCUT2D eigenvalue weighted by atomic mass is 9.97. The van der Waals surface area contributed by atoms with Crippen molar-refractivity contribution in [2.45, 2.75) is 60.4 Å². The quantitative estimate of drug-likeness (QED) is 0.623. The minimum absolute atomic E-state index is 0.179. The molecule has 3 aromatic rings. The molecule has 2 aromatic heterocycles. The molecule has 3 rings (SSSR count). The number of carbonyl (C=O) groups is 2. The second kappa shape index (κ2) is 7.97. The Morgan fingerprint density at radius 3 is 2.37 bits per heavy atom. The highest BCUT2D eigenvalue weighted by Crippen LogP contribution is 2.36. The van der Waals surface area contributed by atoms with Crippen LogP contribution in [-0.2, 0) is 16.0 Å². The van der Waals surface area contributed by atoms with Crippen molar-refractivity contribution in [2.24, 2.45) is 5.92 Å². The van der Waals surface area contributed by atoms with Gasteiger partial charge in [-0.3, -0.25) is 4.79 Å². The molecule has 0 aliphatic heterocycles. The Labute approximate surface area is 174 Å². The molecule has 0 saturated heterocycles. The molecule has 0 aliphatic carbocycles. The molecule has 1 N–H and O–H groups in total. The van der Waals surface area contributed by atoms with Gasteiger partial charge in [-0.1, -0.05) is 20.3 Å². The lowest BCUT2D eigenvalue weighted by molar-refractivity contribution is -0.309. The minimum Gasteiger partial charge on any atom is -0.548 e. The molecule has 0 saturated carbocycles. The molecule has 1 amide bonds. The summed E-state index contributed by atoms with van der Waals surface area (Å²) in [4.78, 5) is 36.6. The topological polar surface area (TPSA) is 113 Å². The van der Waals surface area contributed by atoms with Gasteiger partial charge in [-0.2, -0.15) is 0 Å². The van der Waals surface area contributed by atoms with E-state index in [2.05, 4.69) is 5.32 Å². The molecule has 160 valence electrons. The van der Waals surface area contributed by atoms with Crippen molar-refractivity contribution < 1.29 is 23.5 Å². The summed E-state index contributed by atoms with van der Waals surface area (Å²) in [5.74, 6) is -1.45. The SMILES string of the molecule is CC[C@@H](C)[C@H](NC(=O)Cc1c(C)c2c(cc(C)c3c(C)c(C)oc32)oc1=O)C(=O)[O-]. The van der Waals surface area contributed by atoms with Gasteiger partial charge in [0.2, 0.25) is 5.91 Å². The Morgan fingerprint density at radius 2 is 1.77 bits per heavy atom. The van der Waals surface area contributed by atoms with Gasteiger partial charge in [0.15, 0.2) is 0 Å². The second-order valence-electron chi connectivity index (χ2n) is 7.97. The van der Waals surface area contributed by atoms with Gasteiger partial charge in [-0.15, -0.1) is 0 Å². The van der Waals surface area contributed by atoms with E-state index in [0.29, 0.717) is 28.5 Å². The predicted octanol–water partition coefficient (Wildman–Crippen LogP) is 2.60. The van der Waals surface area contributed by atoms with Crippen LogP contribution in [0.5, 0.6) is 0 Å². The minimum atomic E-state index is -1.35. The molecule has 0 bridgehead atoms. The number of nitrogens with one attached hydrogen (secondary N) is 1. The predicted molar refractivity (Wildman–Crippen MR) is 111 cm³/mol. The lowest BCUT2D eigenvalue weighted by Gasteiger charge is -2.25. The van der Waals surface area contributed by atoms with E-state index in [-0.39, 0.29) is 17.9 Å². The number of carboxylic acids is 1. The number of carboxylic acid groups (broad SMARTS) is 1. The van der Waals surface area contributed by atoms with Crippen molar-refractivity contribution in [3.8, 4) is 0 Å². The number of furan rings is 1. The number of aliphatic carboxylic acids is 1. The summed E-state index contributed by atoms with van der Waals surface area (Å²) in [6.45, 7) is 11.1. The number of hydrogen-bond donors (Lipinski definition) is 1. The van der Waals surface area contributed by atoms with Crippen LogP contribution in [0.3, 0.4) is 0 Å². The molecule has 0 unspecified atom stereocenters. The van der Waals surface area contributed by atoms with Gasteiger partial charge >= 0.3 is 5.63 Å². The zero-order chi connectivity index (χ0) is 22.3. The van der Waals surface area contributed by atoms with Gasteiger partial charge in [0.05, 0.1) is 29.4 Å². The molecule has 2 heterocycles. The van der Waals surface area contributed by atoms with Gasteiger partial charge in [0.25, 0.3) is 0 Å². The molecule has 7 heteroatoms. The van der Waals surface area contributed by atoms with Crippen molar-refractivity contribution in [3.05, 3.63) is 44.5 Å². The Bertz CT molecular complexity index is 1220. The van der Waals surface area contributed by atoms with Gasteiger partial charge < -0.3 is 24.1 Å². The highest BCUT2D eigenvalue weighted by molar-refractivity contribution is 6.07. The summed E-state index contributed by atoms with van der Waals surface area (Å²) in [7, 11) is 0. The number of fused-ring (bicyclic) bond motifs is 3. The van der Waals surface area contributed by atoms with E-state index in [9.17, 15) is 19.5 Å². The average Bonchev–Trinajstić information content (AvgIpc) is 2.97. The van der Waals surface area contributed by atoms with Crippen LogP contribution >= 0.6 is 0 Å². The van der Waals surface area contributed by atoms with Crippen LogP contribution in [0.4, 0.5) is 0 Å². The van der Waals surface area contributed by atoms with Crippen LogP contribution in [0.1, 0.15) is 48.3 Å². The number of aryl methyl sites for hydroxylation is 4. The Morgan fingerprint density at radius 1 is 1.10 bits per heavy atom. The fourth-order valence-corrected chi connectivity index (χ4v) is 3.89. The number of benzene rings is 1. The van der Waals surface area contributed by atoms with Gasteiger partial charge in [-0.25, -0.2) is 4.79 Å². The van der Waals surface area contributed by atoms with Crippen LogP contribution in [0.15, 0.2) is 19.7 Å². The summed E-state index contributed by atoms with van der Waals surface area (Å²) >= 11 is 0. The molecule has 2 atom stereocenters.